The predicted octanol–water partition coefficient (Wildman–Crippen LogP) is 2.33. The summed E-state index contributed by atoms with van der Waals surface area (Å²) in [7, 11) is 0. The van der Waals surface area contributed by atoms with Crippen LogP contribution in [-0.2, 0) is 0 Å². The third-order valence-electron chi connectivity index (χ3n) is 4.70. The Labute approximate surface area is 141 Å². The molecule has 1 saturated carbocycles. The number of rotatable bonds is 6. The van der Waals surface area contributed by atoms with Crippen LogP contribution in [0.3, 0.4) is 0 Å². The lowest BCUT2D eigenvalue weighted by atomic mass is 9.83. The molecule has 0 radical (unpaired) electrons. The summed E-state index contributed by atoms with van der Waals surface area (Å²) in [5.74, 6) is 0.312. The lowest BCUT2D eigenvalue weighted by Gasteiger charge is -2.27. The number of hydrogen-bond acceptors (Lipinski definition) is 4. The normalized spacial score (nSPS) is 20.7. The maximum absolute atomic E-state index is 12.3. The monoisotopic (exact) mass is 328 g/mol. The van der Waals surface area contributed by atoms with Crippen LogP contribution in [0, 0.1) is 5.92 Å². The summed E-state index contributed by atoms with van der Waals surface area (Å²) in [5.41, 5.74) is 1.42. The molecule has 3 rings (SSSR count). The summed E-state index contributed by atoms with van der Waals surface area (Å²) in [5, 5.41) is 20.6. The van der Waals surface area contributed by atoms with Crippen molar-refractivity contribution in [1.82, 2.24) is 20.3 Å². The lowest BCUT2D eigenvalue weighted by molar-refractivity contribution is 0.0641. The van der Waals surface area contributed by atoms with Gasteiger partial charge in [0.2, 0.25) is 0 Å². The first kappa shape index (κ1) is 16.6. The number of carbonyl (C=O) groups excluding carboxylic acids is 1. The van der Waals surface area contributed by atoms with Crippen molar-refractivity contribution in [1.29, 1.82) is 0 Å². The predicted molar refractivity (Wildman–Crippen MR) is 90.9 cm³/mol. The van der Waals surface area contributed by atoms with Crippen molar-refractivity contribution in [3.05, 3.63) is 42.2 Å². The fourth-order valence-corrected chi connectivity index (χ4v) is 3.33. The number of carbonyl (C=O) groups is 1. The molecule has 1 aliphatic carbocycles. The number of aromatic nitrogens is 3. The third kappa shape index (κ3) is 4.20. The van der Waals surface area contributed by atoms with E-state index >= 15 is 0 Å². The van der Waals surface area contributed by atoms with E-state index in [1.165, 1.54) is 6.42 Å². The van der Waals surface area contributed by atoms with Crippen molar-refractivity contribution in [3.8, 4) is 5.69 Å². The smallest absolute Gasteiger partial charge is 0.251 e. The van der Waals surface area contributed by atoms with Gasteiger partial charge in [0.25, 0.3) is 5.91 Å². The topological polar surface area (TPSA) is 80.0 Å². The Kier molecular flexibility index (Phi) is 5.59. The van der Waals surface area contributed by atoms with Gasteiger partial charge in [0.15, 0.2) is 0 Å². The summed E-state index contributed by atoms with van der Waals surface area (Å²) in [4.78, 5) is 12.3. The molecule has 24 heavy (non-hydrogen) atoms. The van der Waals surface area contributed by atoms with Gasteiger partial charge >= 0.3 is 0 Å². The second-order valence-electron chi connectivity index (χ2n) is 6.41. The standard InChI is InChI=1S/C18H24N4O2/c23-17-9-2-1-5-14(17)7-4-10-19-18(24)15-6-3-8-16(13-15)22-12-11-20-21-22/h3,6,8,11-14,17,23H,1-2,4-5,7,9-10H2,(H,19,24). The molecule has 1 aromatic heterocycles. The summed E-state index contributed by atoms with van der Waals surface area (Å²) >= 11 is 0. The van der Waals surface area contributed by atoms with Crippen LogP contribution in [0.4, 0.5) is 0 Å². The molecule has 1 heterocycles. The molecular formula is C18H24N4O2. The fourth-order valence-electron chi connectivity index (χ4n) is 3.33. The van der Waals surface area contributed by atoms with Crippen molar-refractivity contribution >= 4 is 5.91 Å². The minimum absolute atomic E-state index is 0.0823. The minimum atomic E-state index is -0.159. The number of nitrogens with one attached hydrogen (secondary N) is 1. The molecule has 1 aliphatic rings. The summed E-state index contributed by atoms with van der Waals surface area (Å²) < 4.78 is 1.63. The Balaban J connectivity index is 1.48. The third-order valence-corrected chi connectivity index (χ3v) is 4.70. The van der Waals surface area contributed by atoms with Gasteiger partial charge in [-0.3, -0.25) is 4.79 Å². The largest absolute Gasteiger partial charge is 0.393 e. The molecule has 1 aromatic carbocycles. The molecule has 2 unspecified atom stereocenters. The first-order chi connectivity index (χ1) is 11.7. The van der Waals surface area contributed by atoms with Gasteiger partial charge in [-0.1, -0.05) is 24.1 Å². The van der Waals surface area contributed by atoms with Crippen LogP contribution in [0.1, 0.15) is 48.9 Å². The maximum Gasteiger partial charge on any atom is 0.251 e. The summed E-state index contributed by atoms with van der Waals surface area (Å²) in [6.45, 7) is 0.635. The van der Waals surface area contributed by atoms with Crippen molar-refractivity contribution in [2.45, 2.75) is 44.6 Å². The zero-order chi connectivity index (χ0) is 16.8. The van der Waals surface area contributed by atoms with Crippen LogP contribution in [0.25, 0.3) is 5.69 Å². The molecule has 1 amide bonds. The quantitative estimate of drug-likeness (QED) is 0.798. The Morgan fingerprint density at radius 1 is 1.33 bits per heavy atom. The van der Waals surface area contributed by atoms with Crippen LogP contribution in [0.2, 0.25) is 0 Å². The minimum Gasteiger partial charge on any atom is -0.393 e. The van der Waals surface area contributed by atoms with Crippen molar-refractivity contribution < 1.29 is 9.90 Å². The number of aliphatic hydroxyl groups is 1. The summed E-state index contributed by atoms with van der Waals surface area (Å²) in [6.07, 6.45) is 9.44. The molecule has 1 fully saturated rings. The van der Waals surface area contributed by atoms with Gasteiger partial charge in [0.05, 0.1) is 24.2 Å². The Morgan fingerprint density at radius 2 is 2.21 bits per heavy atom. The zero-order valence-electron chi connectivity index (χ0n) is 13.8. The Hall–Kier alpha value is -2.21. The van der Waals surface area contributed by atoms with E-state index in [9.17, 15) is 9.90 Å². The molecule has 6 heteroatoms. The average Bonchev–Trinajstić information content (AvgIpc) is 3.15. The summed E-state index contributed by atoms with van der Waals surface area (Å²) in [6, 6.07) is 7.32. The molecule has 6 nitrogen and oxygen atoms in total. The van der Waals surface area contributed by atoms with Crippen LogP contribution >= 0.6 is 0 Å². The molecular weight excluding hydrogens is 304 g/mol. The highest BCUT2D eigenvalue weighted by Crippen LogP contribution is 2.27. The second kappa shape index (κ2) is 8.06. The van der Waals surface area contributed by atoms with Crippen LogP contribution in [-0.4, -0.2) is 38.7 Å². The first-order valence-corrected chi connectivity index (χ1v) is 8.67. The van der Waals surface area contributed by atoms with Gasteiger partial charge in [-0.2, -0.15) is 0 Å². The molecule has 2 N–H and O–H groups in total. The average molecular weight is 328 g/mol. The number of aliphatic hydroxyl groups excluding tert-OH is 1. The molecule has 2 aromatic rings. The lowest BCUT2D eigenvalue weighted by Crippen LogP contribution is -2.28. The van der Waals surface area contributed by atoms with Gasteiger partial charge < -0.3 is 10.4 Å². The van der Waals surface area contributed by atoms with Crippen molar-refractivity contribution in [2.75, 3.05) is 6.54 Å². The number of benzene rings is 1. The molecule has 0 spiro atoms. The number of nitrogens with zero attached hydrogens (tertiary/aromatic N) is 3. The van der Waals surface area contributed by atoms with Gasteiger partial charge in [-0.25, -0.2) is 4.68 Å². The highest BCUT2D eigenvalue weighted by molar-refractivity contribution is 5.94. The van der Waals surface area contributed by atoms with Crippen LogP contribution in [0.15, 0.2) is 36.7 Å². The molecule has 0 aliphatic heterocycles. The van der Waals surface area contributed by atoms with E-state index in [-0.39, 0.29) is 12.0 Å². The van der Waals surface area contributed by atoms with Gasteiger partial charge in [0, 0.05) is 12.1 Å². The SMILES string of the molecule is O=C(NCCCC1CCCCC1O)c1cccc(-n2ccnn2)c1. The first-order valence-electron chi connectivity index (χ1n) is 8.67. The van der Waals surface area contributed by atoms with Gasteiger partial charge in [0.1, 0.15) is 0 Å². The van der Waals surface area contributed by atoms with E-state index in [0.29, 0.717) is 18.0 Å². The second-order valence-corrected chi connectivity index (χ2v) is 6.41. The van der Waals surface area contributed by atoms with Gasteiger partial charge in [-0.15, -0.1) is 5.10 Å². The van der Waals surface area contributed by atoms with E-state index in [0.717, 1.165) is 37.8 Å². The maximum atomic E-state index is 12.3. The van der Waals surface area contributed by atoms with E-state index in [4.69, 9.17) is 0 Å². The van der Waals surface area contributed by atoms with E-state index in [1.807, 2.05) is 12.1 Å². The molecule has 0 saturated heterocycles. The number of hydrogen-bond donors (Lipinski definition) is 2. The van der Waals surface area contributed by atoms with Gasteiger partial charge in [-0.05, 0) is 49.8 Å². The highest BCUT2D eigenvalue weighted by atomic mass is 16.3. The molecule has 128 valence electrons. The Bertz CT molecular complexity index is 657. The van der Waals surface area contributed by atoms with E-state index < -0.39 is 0 Å². The van der Waals surface area contributed by atoms with Crippen LogP contribution in [0.5, 0.6) is 0 Å². The van der Waals surface area contributed by atoms with Crippen LogP contribution < -0.4 is 5.32 Å². The van der Waals surface area contributed by atoms with E-state index in [2.05, 4.69) is 15.6 Å². The van der Waals surface area contributed by atoms with Crippen molar-refractivity contribution in [2.24, 2.45) is 5.92 Å². The zero-order valence-corrected chi connectivity index (χ0v) is 13.8. The number of amides is 1. The molecule has 0 bridgehead atoms. The Morgan fingerprint density at radius 3 is 3.00 bits per heavy atom. The fraction of sp³-hybridized carbons (Fsp3) is 0.500. The van der Waals surface area contributed by atoms with E-state index in [1.54, 1.807) is 29.2 Å². The molecule has 2 atom stereocenters. The highest BCUT2D eigenvalue weighted by Gasteiger charge is 2.22. The van der Waals surface area contributed by atoms with Crippen molar-refractivity contribution in [3.63, 3.8) is 0 Å².